The molecule has 0 radical (unpaired) electrons. The highest BCUT2D eigenvalue weighted by molar-refractivity contribution is 7.89. The average molecular weight is 305 g/mol. The second-order valence-corrected chi connectivity index (χ2v) is 5.53. The van der Waals surface area contributed by atoms with E-state index in [1.54, 1.807) is 6.92 Å². The first-order chi connectivity index (χ1) is 8.86. The summed E-state index contributed by atoms with van der Waals surface area (Å²) in [6, 6.07) is 4.16. The van der Waals surface area contributed by atoms with E-state index >= 15 is 0 Å². The van der Waals surface area contributed by atoms with E-state index in [0.29, 0.717) is 0 Å². The van der Waals surface area contributed by atoms with Crippen LogP contribution in [-0.2, 0) is 16.6 Å². The molecule has 0 atom stereocenters. The molecule has 0 aliphatic rings. The minimum Gasteiger partial charge on any atom is -0.297 e. The van der Waals surface area contributed by atoms with Crippen LogP contribution < -0.4 is 5.14 Å². The summed E-state index contributed by atoms with van der Waals surface area (Å²) in [4.78, 5) is 0. The van der Waals surface area contributed by atoms with Crippen molar-refractivity contribution in [3.63, 3.8) is 0 Å². The lowest BCUT2D eigenvalue weighted by molar-refractivity contribution is 0.571. The van der Waals surface area contributed by atoms with Crippen LogP contribution in [-0.4, -0.2) is 23.2 Å². The van der Waals surface area contributed by atoms with Crippen molar-refractivity contribution >= 4 is 21.6 Å². The third-order valence-electron chi connectivity index (χ3n) is 2.48. The van der Waals surface area contributed by atoms with Crippen molar-refractivity contribution in [3.8, 4) is 11.4 Å². The fourth-order valence-electron chi connectivity index (χ4n) is 1.66. The van der Waals surface area contributed by atoms with Gasteiger partial charge in [-0.2, -0.15) is 0 Å². The molecule has 9 heteroatoms. The van der Waals surface area contributed by atoms with E-state index < -0.39 is 15.8 Å². The highest BCUT2D eigenvalue weighted by Gasteiger charge is 2.22. The van der Waals surface area contributed by atoms with Gasteiger partial charge in [0.25, 0.3) is 15.2 Å². The summed E-state index contributed by atoms with van der Waals surface area (Å²) in [7, 11) is -4.00. The number of hydrogen-bond acceptors (Lipinski definition) is 4. The zero-order chi connectivity index (χ0) is 14.2. The van der Waals surface area contributed by atoms with Crippen molar-refractivity contribution in [1.29, 1.82) is 0 Å². The number of aromatic nitrogens is 3. The highest BCUT2D eigenvalue weighted by atomic mass is 35.5. The van der Waals surface area contributed by atoms with Crippen LogP contribution in [0.25, 0.3) is 11.4 Å². The molecular formula is C10H10ClFN4O2S. The first-order valence-electron chi connectivity index (χ1n) is 5.26. The zero-order valence-corrected chi connectivity index (χ0v) is 11.4. The summed E-state index contributed by atoms with van der Waals surface area (Å²) in [5.74, 6) is -0.474. The Bertz CT molecular complexity index is 729. The molecule has 2 N–H and O–H groups in total. The molecule has 0 unspecified atom stereocenters. The Labute approximate surface area is 114 Å². The number of benzene rings is 1. The van der Waals surface area contributed by atoms with E-state index in [0.717, 1.165) is 0 Å². The van der Waals surface area contributed by atoms with E-state index in [4.69, 9.17) is 16.7 Å². The number of nitrogens with two attached hydrogens (primary N) is 1. The van der Waals surface area contributed by atoms with Gasteiger partial charge in [-0.15, -0.1) is 10.2 Å². The maximum absolute atomic E-state index is 13.4. The molecule has 1 aromatic carbocycles. The number of nitrogens with zero attached hydrogens (tertiary/aromatic N) is 3. The first-order valence-corrected chi connectivity index (χ1v) is 7.19. The van der Waals surface area contributed by atoms with E-state index in [1.807, 2.05) is 0 Å². The minimum atomic E-state index is -4.00. The topological polar surface area (TPSA) is 90.9 Å². The maximum atomic E-state index is 13.4. The summed E-state index contributed by atoms with van der Waals surface area (Å²) >= 11 is 5.84. The molecular weight excluding hydrogens is 295 g/mol. The summed E-state index contributed by atoms with van der Waals surface area (Å²) in [5.41, 5.74) is 0.255. The quantitative estimate of drug-likeness (QED) is 0.928. The van der Waals surface area contributed by atoms with E-state index in [2.05, 4.69) is 10.2 Å². The van der Waals surface area contributed by atoms with E-state index in [1.165, 1.54) is 22.8 Å². The Balaban J connectivity index is 2.71. The SMILES string of the molecule is CCn1c(-c2cccc(F)c2Cl)nnc1S(N)(=O)=O. The molecule has 0 spiro atoms. The molecule has 0 aliphatic carbocycles. The molecule has 19 heavy (non-hydrogen) atoms. The third kappa shape index (κ3) is 2.46. The Hall–Kier alpha value is -1.51. The monoisotopic (exact) mass is 304 g/mol. The molecule has 0 amide bonds. The number of primary sulfonamides is 1. The molecule has 0 bridgehead atoms. The Kier molecular flexibility index (Phi) is 3.57. The smallest absolute Gasteiger partial charge is 0.273 e. The molecule has 0 aliphatic heterocycles. The first kappa shape index (κ1) is 13.9. The van der Waals surface area contributed by atoms with Crippen LogP contribution in [0.5, 0.6) is 0 Å². The van der Waals surface area contributed by atoms with Gasteiger partial charge in [0.15, 0.2) is 5.82 Å². The highest BCUT2D eigenvalue weighted by Crippen LogP contribution is 2.29. The molecule has 1 aromatic heterocycles. The minimum absolute atomic E-state index is 0.148. The Morgan fingerprint density at radius 1 is 1.42 bits per heavy atom. The molecule has 102 valence electrons. The summed E-state index contributed by atoms with van der Waals surface area (Å²) in [6.45, 7) is 1.94. The Morgan fingerprint density at radius 3 is 2.68 bits per heavy atom. The van der Waals surface area contributed by atoms with Crippen molar-refractivity contribution in [2.45, 2.75) is 18.6 Å². The number of hydrogen-bond donors (Lipinski definition) is 1. The molecule has 2 rings (SSSR count). The molecule has 2 aromatic rings. The molecule has 1 heterocycles. The van der Waals surface area contributed by atoms with Gasteiger partial charge in [0.05, 0.1) is 5.02 Å². The van der Waals surface area contributed by atoms with Gasteiger partial charge in [-0.3, -0.25) is 4.57 Å². The molecule has 0 saturated carbocycles. The van der Waals surface area contributed by atoms with Gasteiger partial charge in [0, 0.05) is 12.1 Å². The second-order valence-electron chi connectivity index (χ2n) is 3.70. The van der Waals surface area contributed by atoms with Crippen LogP contribution in [0.2, 0.25) is 5.02 Å². The number of rotatable bonds is 3. The van der Waals surface area contributed by atoms with Crippen LogP contribution in [0.1, 0.15) is 6.92 Å². The standard InChI is InChI=1S/C10H10ClFN4O2S/c1-2-16-9(14-15-10(16)19(13,17)18)6-4-3-5-7(12)8(6)11/h3-5H,2H2,1H3,(H2,13,17,18). The zero-order valence-electron chi connectivity index (χ0n) is 9.84. The van der Waals surface area contributed by atoms with Gasteiger partial charge in [-0.1, -0.05) is 17.7 Å². The summed E-state index contributed by atoms with van der Waals surface area (Å²) in [5, 5.41) is 11.8. The average Bonchev–Trinajstić information content (AvgIpc) is 2.76. The summed E-state index contributed by atoms with van der Waals surface area (Å²) < 4.78 is 37.4. The Morgan fingerprint density at radius 2 is 2.11 bits per heavy atom. The largest absolute Gasteiger partial charge is 0.297 e. The van der Waals surface area contributed by atoms with Gasteiger partial charge in [0.1, 0.15) is 5.82 Å². The van der Waals surface area contributed by atoms with Gasteiger partial charge in [-0.05, 0) is 19.1 Å². The summed E-state index contributed by atoms with van der Waals surface area (Å²) in [6.07, 6.45) is 0. The predicted octanol–water partition coefficient (Wildman–Crippen LogP) is 1.40. The number of sulfonamides is 1. The van der Waals surface area contributed by atoms with Crippen LogP contribution in [0.4, 0.5) is 4.39 Å². The van der Waals surface area contributed by atoms with Crippen LogP contribution in [0, 0.1) is 5.82 Å². The van der Waals surface area contributed by atoms with Crippen molar-refractivity contribution in [1.82, 2.24) is 14.8 Å². The van der Waals surface area contributed by atoms with Crippen LogP contribution in [0.3, 0.4) is 0 Å². The van der Waals surface area contributed by atoms with E-state index in [-0.39, 0.29) is 28.1 Å². The van der Waals surface area contributed by atoms with Crippen molar-refractivity contribution < 1.29 is 12.8 Å². The van der Waals surface area contributed by atoms with Gasteiger partial charge in [0.2, 0.25) is 0 Å². The normalized spacial score (nSPS) is 11.8. The second kappa shape index (κ2) is 4.87. The third-order valence-corrected chi connectivity index (χ3v) is 3.68. The molecule has 6 nitrogen and oxygen atoms in total. The fourth-order valence-corrected chi connectivity index (χ4v) is 2.55. The predicted molar refractivity (Wildman–Crippen MR) is 67.5 cm³/mol. The van der Waals surface area contributed by atoms with Crippen molar-refractivity contribution in [2.24, 2.45) is 5.14 Å². The molecule has 0 saturated heterocycles. The fraction of sp³-hybridized carbons (Fsp3) is 0.200. The lowest BCUT2D eigenvalue weighted by atomic mass is 10.2. The van der Waals surface area contributed by atoms with Gasteiger partial charge in [-0.25, -0.2) is 17.9 Å². The van der Waals surface area contributed by atoms with Crippen LogP contribution in [0.15, 0.2) is 23.4 Å². The van der Waals surface area contributed by atoms with Crippen molar-refractivity contribution in [2.75, 3.05) is 0 Å². The lowest BCUT2D eigenvalue weighted by Crippen LogP contribution is -2.18. The van der Waals surface area contributed by atoms with Crippen LogP contribution >= 0.6 is 11.6 Å². The van der Waals surface area contributed by atoms with E-state index in [9.17, 15) is 12.8 Å². The van der Waals surface area contributed by atoms with Gasteiger partial charge < -0.3 is 0 Å². The van der Waals surface area contributed by atoms with Crippen molar-refractivity contribution in [3.05, 3.63) is 29.0 Å². The number of halogens is 2. The lowest BCUT2D eigenvalue weighted by Gasteiger charge is -2.07. The maximum Gasteiger partial charge on any atom is 0.273 e. The van der Waals surface area contributed by atoms with Gasteiger partial charge >= 0.3 is 0 Å². The molecule has 0 fully saturated rings.